The minimum Gasteiger partial charge on any atom is -0.368 e. The molecule has 1 aliphatic carbocycles. The van der Waals surface area contributed by atoms with Crippen LogP contribution in [0.3, 0.4) is 0 Å². The Morgan fingerprint density at radius 2 is 1.86 bits per heavy atom. The lowest BCUT2D eigenvalue weighted by Crippen LogP contribution is -2.54. The van der Waals surface area contributed by atoms with Gasteiger partial charge in [0.05, 0.1) is 11.2 Å². The summed E-state index contributed by atoms with van der Waals surface area (Å²) in [6.07, 6.45) is 6.59. The van der Waals surface area contributed by atoms with Crippen LogP contribution in [0.1, 0.15) is 49.3 Å². The summed E-state index contributed by atoms with van der Waals surface area (Å²) in [5.74, 6) is -0.361. The minimum atomic E-state index is -0.456. The number of hydrogen-bond donors (Lipinski definition) is 2. The number of imidazole rings is 1. The Morgan fingerprint density at radius 3 is 2.58 bits per heavy atom. The number of halogens is 1. The number of rotatable bonds is 4. The van der Waals surface area contributed by atoms with E-state index < -0.39 is 5.82 Å². The largest absolute Gasteiger partial charge is 0.368 e. The lowest BCUT2D eigenvalue weighted by Gasteiger charge is -2.37. The van der Waals surface area contributed by atoms with Crippen molar-refractivity contribution in [2.45, 2.75) is 58.2 Å². The molecule has 4 aromatic rings. The molecule has 2 fully saturated rings. The Balaban J connectivity index is 1.47. The Morgan fingerprint density at radius 1 is 1.08 bits per heavy atom. The van der Waals surface area contributed by atoms with Crippen LogP contribution in [-0.4, -0.2) is 56.5 Å². The van der Waals surface area contributed by atoms with Gasteiger partial charge in [-0.3, -0.25) is 4.79 Å². The highest BCUT2D eigenvalue weighted by molar-refractivity contribution is 6.05. The van der Waals surface area contributed by atoms with Crippen LogP contribution in [0.2, 0.25) is 0 Å². The molecular weight excluding hydrogens is 457 g/mol. The van der Waals surface area contributed by atoms with Crippen molar-refractivity contribution in [3.63, 3.8) is 0 Å². The average Bonchev–Trinajstić information content (AvgIpc) is 3.20. The van der Waals surface area contributed by atoms with Crippen LogP contribution in [0.25, 0.3) is 27.9 Å². The molecule has 9 heteroatoms. The standard InChI is InChI=1S/C27H30FN7O/c1-15-11-34(12-16(2)29-15)20-7-8-23-21(10-20)24(27(36)31-19-5-4-6-19)33-25(32-23)18-9-22(28)26-30-17(3)13-35(26)14-18/h7-10,13-16,19,29H,4-6,11-12H2,1-3H3,(H,31,36)/t15-,16+. The maximum atomic E-state index is 14.8. The summed E-state index contributed by atoms with van der Waals surface area (Å²) in [5.41, 5.74) is 3.48. The Hall–Kier alpha value is -3.59. The minimum absolute atomic E-state index is 0.173. The second-order valence-electron chi connectivity index (χ2n) is 10.3. The fourth-order valence-electron chi connectivity index (χ4n) is 5.26. The Kier molecular flexibility index (Phi) is 5.59. The molecule has 186 valence electrons. The van der Waals surface area contributed by atoms with Crippen molar-refractivity contribution in [1.82, 2.24) is 30.0 Å². The van der Waals surface area contributed by atoms with Crippen LogP contribution in [0.5, 0.6) is 0 Å². The van der Waals surface area contributed by atoms with Crippen molar-refractivity contribution in [2.24, 2.45) is 0 Å². The zero-order valence-electron chi connectivity index (χ0n) is 20.8. The first kappa shape index (κ1) is 22.8. The summed E-state index contributed by atoms with van der Waals surface area (Å²) < 4.78 is 16.5. The van der Waals surface area contributed by atoms with E-state index >= 15 is 0 Å². The molecule has 0 unspecified atom stereocenters. The van der Waals surface area contributed by atoms with Gasteiger partial charge in [-0.25, -0.2) is 19.3 Å². The molecule has 1 aromatic carbocycles. The number of amides is 1. The zero-order chi connectivity index (χ0) is 25.0. The third kappa shape index (κ3) is 4.17. The van der Waals surface area contributed by atoms with E-state index in [0.717, 1.165) is 43.7 Å². The van der Waals surface area contributed by atoms with E-state index in [1.807, 2.05) is 25.1 Å². The summed E-state index contributed by atoms with van der Waals surface area (Å²) in [5, 5.41) is 7.38. The fourth-order valence-corrected chi connectivity index (χ4v) is 5.26. The second-order valence-corrected chi connectivity index (χ2v) is 10.3. The smallest absolute Gasteiger partial charge is 0.270 e. The topological polar surface area (TPSA) is 87.5 Å². The van der Waals surface area contributed by atoms with Crippen LogP contribution in [0.15, 0.2) is 36.7 Å². The van der Waals surface area contributed by atoms with Gasteiger partial charge in [0.25, 0.3) is 5.91 Å². The van der Waals surface area contributed by atoms with Crippen molar-refractivity contribution in [1.29, 1.82) is 0 Å². The number of aromatic nitrogens is 4. The number of nitrogens with one attached hydrogen (secondary N) is 2. The van der Waals surface area contributed by atoms with Gasteiger partial charge >= 0.3 is 0 Å². The molecule has 2 aliphatic rings. The fraction of sp³-hybridized carbons (Fsp3) is 0.407. The summed E-state index contributed by atoms with van der Waals surface area (Å²) >= 11 is 0. The molecule has 3 aromatic heterocycles. The van der Waals surface area contributed by atoms with Crippen LogP contribution < -0.4 is 15.5 Å². The van der Waals surface area contributed by atoms with Crippen molar-refractivity contribution in [3.8, 4) is 11.4 Å². The van der Waals surface area contributed by atoms with Gasteiger partial charge in [-0.1, -0.05) is 0 Å². The number of piperazine rings is 1. The van der Waals surface area contributed by atoms with Crippen LogP contribution >= 0.6 is 0 Å². The number of hydrogen-bond acceptors (Lipinski definition) is 6. The number of benzene rings is 1. The molecule has 2 atom stereocenters. The first-order chi connectivity index (χ1) is 17.3. The summed E-state index contributed by atoms with van der Waals surface area (Å²) in [7, 11) is 0. The molecule has 1 saturated heterocycles. The molecule has 8 nitrogen and oxygen atoms in total. The van der Waals surface area contributed by atoms with E-state index in [1.54, 1.807) is 16.8 Å². The number of anilines is 1. The first-order valence-corrected chi connectivity index (χ1v) is 12.6. The van der Waals surface area contributed by atoms with E-state index in [2.05, 4.69) is 34.4 Å². The van der Waals surface area contributed by atoms with Crippen LogP contribution in [-0.2, 0) is 0 Å². The predicted octanol–water partition coefficient (Wildman–Crippen LogP) is 3.86. The Labute approximate surface area is 209 Å². The summed E-state index contributed by atoms with van der Waals surface area (Å²) in [6, 6.07) is 8.27. The van der Waals surface area contributed by atoms with Gasteiger partial charge < -0.3 is 19.9 Å². The number of carbonyl (C=O) groups is 1. The first-order valence-electron chi connectivity index (χ1n) is 12.6. The molecule has 1 amide bonds. The number of fused-ring (bicyclic) bond motifs is 2. The molecule has 1 aliphatic heterocycles. The SMILES string of the molecule is Cc1cn2cc(-c3nc(C(=O)NC4CCC4)c4cc(N5C[C@@H](C)N[C@@H](C)C5)ccc4n3)cc(F)c2n1. The van der Waals surface area contributed by atoms with E-state index in [1.165, 1.54) is 6.07 Å². The van der Waals surface area contributed by atoms with Crippen molar-refractivity contribution < 1.29 is 9.18 Å². The van der Waals surface area contributed by atoms with Gasteiger partial charge in [0, 0.05) is 60.2 Å². The number of pyridine rings is 1. The van der Waals surface area contributed by atoms with Gasteiger partial charge in [0.1, 0.15) is 5.69 Å². The lowest BCUT2D eigenvalue weighted by atomic mass is 9.93. The maximum absolute atomic E-state index is 14.8. The average molecular weight is 488 g/mol. The third-order valence-corrected chi connectivity index (χ3v) is 7.14. The highest BCUT2D eigenvalue weighted by Gasteiger charge is 2.25. The molecule has 6 rings (SSSR count). The Bertz CT molecular complexity index is 1470. The van der Waals surface area contributed by atoms with E-state index in [9.17, 15) is 9.18 Å². The molecule has 1 saturated carbocycles. The number of aryl methyl sites for hydroxylation is 1. The zero-order valence-corrected chi connectivity index (χ0v) is 20.8. The van der Waals surface area contributed by atoms with E-state index in [4.69, 9.17) is 9.97 Å². The molecule has 36 heavy (non-hydrogen) atoms. The van der Waals surface area contributed by atoms with Crippen molar-refractivity contribution in [3.05, 3.63) is 53.9 Å². The summed E-state index contributed by atoms with van der Waals surface area (Å²) in [6.45, 7) is 7.92. The number of nitrogens with zero attached hydrogens (tertiary/aromatic N) is 5. The maximum Gasteiger partial charge on any atom is 0.270 e. The monoisotopic (exact) mass is 487 g/mol. The quantitative estimate of drug-likeness (QED) is 0.455. The van der Waals surface area contributed by atoms with Gasteiger partial charge in [-0.2, -0.15) is 0 Å². The van der Waals surface area contributed by atoms with Gasteiger partial charge in [0.2, 0.25) is 0 Å². The highest BCUT2D eigenvalue weighted by atomic mass is 19.1. The van der Waals surface area contributed by atoms with Gasteiger partial charge in [-0.05, 0) is 64.3 Å². The molecule has 0 radical (unpaired) electrons. The van der Waals surface area contributed by atoms with Crippen LogP contribution in [0, 0.1) is 12.7 Å². The van der Waals surface area contributed by atoms with Crippen molar-refractivity contribution >= 4 is 28.1 Å². The molecule has 4 heterocycles. The second kappa shape index (κ2) is 8.81. The summed E-state index contributed by atoms with van der Waals surface area (Å²) in [4.78, 5) is 29.4. The molecule has 0 spiro atoms. The van der Waals surface area contributed by atoms with E-state index in [0.29, 0.717) is 40.1 Å². The van der Waals surface area contributed by atoms with Crippen LogP contribution in [0.4, 0.5) is 10.1 Å². The number of carbonyl (C=O) groups excluding carboxylic acids is 1. The highest BCUT2D eigenvalue weighted by Crippen LogP contribution is 2.29. The normalized spacial score (nSPS) is 20.6. The van der Waals surface area contributed by atoms with Gasteiger partial charge in [-0.15, -0.1) is 0 Å². The van der Waals surface area contributed by atoms with E-state index in [-0.39, 0.29) is 17.6 Å². The third-order valence-electron chi connectivity index (χ3n) is 7.14. The molecule has 2 N–H and O–H groups in total. The molecular formula is C27H30FN7O. The lowest BCUT2D eigenvalue weighted by molar-refractivity contribution is 0.0913. The van der Waals surface area contributed by atoms with Crippen molar-refractivity contribution in [2.75, 3.05) is 18.0 Å². The van der Waals surface area contributed by atoms with Gasteiger partial charge in [0.15, 0.2) is 17.3 Å². The molecule has 0 bridgehead atoms. The predicted molar refractivity (Wildman–Crippen MR) is 138 cm³/mol.